The summed E-state index contributed by atoms with van der Waals surface area (Å²) < 4.78 is 7.12. The number of benzene rings is 2. The van der Waals surface area contributed by atoms with Crippen LogP contribution in [-0.4, -0.2) is 30.6 Å². The maximum atomic E-state index is 9.54. The van der Waals surface area contributed by atoms with Crippen LogP contribution in [0.25, 0.3) is 11.1 Å². The van der Waals surface area contributed by atoms with Gasteiger partial charge >= 0.3 is 0 Å². The van der Waals surface area contributed by atoms with Gasteiger partial charge < -0.3 is 4.74 Å². The second-order valence-corrected chi connectivity index (χ2v) is 14.1. The molecule has 2 heterocycles. The van der Waals surface area contributed by atoms with Gasteiger partial charge in [-0.15, -0.1) is 0 Å². The van der Waals surface area contributed by atoms with Crippen LogP contribution < -0.4 is 0 Å². The topological polar surface area (TPSA) is 70.2 Å². The Kier molecular flexibility index (Phi) is 14.8. The number of nitrogens with one attached hydrogen (secondary N) is 1. The first-order valence-corrected chi connectivity index (χ1v) is 20.0. The molecule has 0 fully saturated rings. The van der Waals surface area contributed by atoms with Crippen molar-refractivity contribution in [1.82, 2.24) is 0 Å². The van der Waals surface area contributed by atoms with E-state index in [1.165, 1.54) is 0 Å². The van der Waals surface area contributed by atoms with Gasteiger partial charge in [-0.2, -0.15) is 0 Å². The van der Waals surface area contributed by atoms with Crippen molar-refractivity contribution in [1.29, 1.82) is 5.41 Å². The fourth-order valence-corrected chi connectivity index (χ4v) is 7.67. The summed E-state index contributed by atoms with van der Waals surface area (Å²) in [5.41, 5.74) is 11.0. The molecule has 1 N–H and O–H groups in total. The van der Waals surface area contributed by atoms with Crippen LogP contribution in [0, 0.1) is 5.41 Å². The fourth-order valence-electron chi connectivity index (χ4n) is 7.67. The molecule has 0 radical (unpaired) electrons. The summed E-state index contributed by atoms with van der Waals surface area (Å²) in [7, 11) is 0. The Hall–Kier alpha value is -6.46. The maximum absolute atomic E-state index is 9.54. The number of fused-ring (bicyclic) bond motifs is 5. The highest BCUT2D eigenvalue weighted by atomic mass is 16.5. The van der Waals surface area contributed by atoms with Gasteiger partial charge in [-0.25, -0.2) is 9.98 Å². The average Bonchev–Trinajstić information content (AvgIpc) is 3.53. The minimum atomic E-state index is -0.815. The summed E-state index contributed by atoms with van der Waals surface area (Å²) in [6, 6.07) is 17.1. The molecule has 5 nitrogen and oxygen atoms in total. The fraction of sp³-hybridized carbons (Fsp3) is 0.208. The number of amidine groups is 2. The van der Waals surface area contributed by atoms with Crippen molar-refractivity contribution in [2.24, 2.45) is 15.0 Å². The Balaban J connectivity index is 1.76. The zero-order valence-electron chi connectivity index (χ0n) is 35.1. The number of hydrogen-bond acceptors (Lipinski definition) is 3. The summed E-state index contributed by atoms with van der Waals surface area (Å²) in [6.45, 7) is 23.7. The van der Waals surface area contributed by atoms with Gasteiger partial charge in [-0.1, -0.05) is 141 Å². The van der Waals surface area contributed by atoms with Gasteiger partial charge in [0.25, 0.3) is 0 Å². The van der Waals surface area contributed by atoms with Crippen molar-refractivity contribution in [3.8, 4) is 11.1 Å². The van der Waals surface area contributed by atoms with Gasteiger partial charge in [-0.05, 0) is 111 Å². The predicted molar refractivity (Wildman–Crippen MR) is 250 cm³/mol. The lowest BCUT2D eigenvalue weighted by Crippen LogP contribution is -2.37. The van der Waals surface area contributed by atoms with E-state index in [1.807, 2.05) is 81.8 Å². The zero-order valence-corrected chi connectivity index (χ0v) is 35.1. The lowest BCUT2D eigenvalue weighted by molar-refractivity contribution is 0.289. The molecule has 0 bridgehead atoms. The molecule has 1 aliphatic carbocycles. The van der Waals surface area contributed by atoms with E-state index in [0.29, 0.717) is 35.9 Å². The summed E-state index contributed by atoms with van der Waals surface area (Å²) in [4.78, 5) is 14.5. The SMILES string of the molecule is C=CC1=C(C(=C)C(=N)N=C(C/C=C\C=C/C)N=CC(=C/C)/C(C)=C(C)/C=C\C)OC(=C(C)\C2=C\C=C/C/C=C\C=NC2)/C(=C\C)C12c1ccccc1-c1ccccc12. The molecule has 0 saturated carbocycles. The molecule has 0 amide bonds. The van der Waals surface area contributed by atoms with E-state index < -0.39 is 5.41 Å². The molecule has 294 valence electrons. The third-order valence-electron chi connectivity index (χ3n) is 10.7. The zero-order chi connectivity index (χ0) is 41.7. The summed E-state index contributed by atoms with van der Waals surface area (Å²) in [6.07, 6.45) is 33.4. The van der Waals surface area contributed by atoms with Crippen LogP contribution in [0.2, 0.25) is 0 Å². The largest absolute Gasteiger partial charge is 0.456 e. The average molecular weight is 765 g/mol. The third kappa shape index (κ3) is 8.74. The first-order chi connectivity index (χ1) is 28.2. The molecule has 58 heavy (non-hydrogen) atoms. The van der Waals surface area contributed by atoms with Gasteiger partial charge in [0.1, 0.15) is 17.4 Å². The van der Waals surface area contributed by atoms with Crippen molar-refractivity contribution in [3.63, 3.8) is 0 Å². The van der Waals surface area contributed by atoms with Crippen LogP contribution in [0.1, 0.15) is 72.4 Å². The molecule has 5 heteroatoms. The standard InChI is InChI=1S/C53H56N4O/c1-10-15-16-21-33-49(56-36-41(12-3)38(7)37(6)27-11-2)57-52(54)40(9)51-46(14-5)53(47-31-24-22-29-43(47)44-30-23-25-32-48(44)53)45(13-4)50(58-51)39(8)42-28-20-18-17-19-26-34-55-35-42/h10-16,18-32,34,36,54H,5,9,17,33,35H2,1-4,6-8H3/b15-10-,20-18-,21-16-,26-19-,27-11-,38-37+,41-12-,42-28+,45-13+,50-39-,54-52?,55-34?,56-36?,57-49?. The van der Waals surface area contributed by atoms with Crippen LogP contribution in [0.4, 0.5) is 0 Å². The molecule has 5 rings (SSSR count). The molecule has 1 spiro atoms. The molecular formula is C53H56N4O. The highest BCUT2D eigenvalue weighted by molar-refractivity contribution is 6.09. The van der Waals surface area contributed by atoms with Crippen LogP contribution in [0.15, 0.2) is 218 Å². The first-order valence-electron chi connectivity index (χ1n) is 20.0. The lowest BCUT2D eigenvalue weighted by Gasteiger charge is -2.43. The second-order valence-electron chi connectivity index (χ2n) is 14.1. The third-order valence-corrected chi connectivity index (χ3v) is 10.7. The minimum Gasteiger partial charge on any atom is -0.456 e. The summed E-state index contributed by atoms with van der Waals surface area (Å²) >= 11 is 0. The van der Waals surface area contributed by atoms with Crippen LogP contribution in [0.3, 0.4) is 0 Å². The van der Waals surface area contributed by atoms with Crippen molar-refractivity contribution in [3.05, 3.63) is 214 Å². The normalized spacial score (nSPS) is 20.9. The van der Waals surface area contributed by atoms with Crippen LogP contribution in [-0.2, 0) is 10.2 Å². The number of rotatable bonds is 10. The monoisotopic (exact) mass is 764 g/mol. The van der Waals surface area contributed by atoms with E-state index in [2.05, 4.69) is 126 Å². The van der Waals surface area contributed by atoms with E-state index in [0.717, 1.165) is 67.7 Å². The maximum Gasteiger partial charge on any atom is 0.157 e. The molecule has 2 aromatic rings. The highest BCUT2D eigenvalue weighted by Crippen LogP contribution is 2.61. The Morgan fingerprint density at radius 3 is 2.26 bits per heavy atom. The molecule has 0 aromatic heterocycles. The number of ether oxygens (including phenoxy) is 1. The van der Waals surface area contributed by atoms with Gasteiger partial charge in [0.2, 0.25) is 0 Å². The molecule has 0 saturated heterocycles. The van der Waals surface area contributed by atoms with Crippen molar-refractivity contribution in [2.45, 2.75) is 66.7 Å². The molecular weight excluding hydrogens is 709 g/mol. The number of nitrogens with zero attached hydrogens (tertiary/aromatic N) is 3. The molecule has 0 atom stereocenters. The molecule has 2 aliphatic heterocycles. The smallest absolute Gasteiger partial charge is 0.157 e. The summed E-state index contributed by atoms with van der Waals surface area (Å²) in [5.74, 6) is 1.56. The molecule has 0 unspecified atom stereocenters. The van der Waals surface area contributed by atoms with E-state index >= 15 is 0 Å². The first kappa shape index (κ1) is 42.7. The van der Waals surface area contributed by atoms with E-state index in [-0.39, 0.29) is 5.84 Å². The number of hydrogen-bond donors (Lipinski definition) is 1. The van der Waals surface area contributed by atoms with Crippen molar-refractivity contribution < 1.29 is 4.74 Å². The number of allylic oxidation sites excluding steroid dienone is 18. The Labute approximate surface area is 346 Å². The van der Waals surface area contributed by atoms with E-state index in [4.69, 9.17) is 19.7 Å². The number of aliphatic imine (C=N–C) groups is 3. The lowest BCUT2D eigenvalue weighted by atomic mass is 9.63. The summed E-state index contributed by atoms with van der Waals surface area (Å²) in [5, 5.41) is 9.54. The Morgan fingerprint density at radius 2 is 1.62 bits per heavy atom. The Bertz CT molecular complexity index is 2360. The van der Waals surface area contributed by atoms with Crippen molar-refractivity contribution in [2.75, 3.05) is 6.54 Å². The van der Waals surface area contributed by atoms with Crippen LogP contribution in [0.5, 0.6) is 0 Å². The van der Waals surface area contributed by atoms with Gasteiger partial charge in [0, 0.05) is 30.0 Å². The van der Waals surface area contributed by atoms with Gasteiger partial charge in [0.05, 0.1) is 17.5 Å². The van der Waals surface area contributed by atoms with E-state index in [1.54, 1.807) is 0 Å². The molecule has 2 aromatic carbocycles. The second kappa shape index (κ2) is 20.1. The minimum absolute atomic E-state index is 0.0480. The molecule has 3 aliphatic rings. The van der Waals surface area contributed by atoms with E-state index in [9.17, 15) is 5.41 Å². The quantitative estimate of drug-likeness (QED) is 0.146. The highest BCUT2D eigenvalue weighted by Gasteiger charge is 2.53. The van der Waals surface area contributed by atoms with Gasteiger partial charge in [0.15, 0.2) is 5.84 Å². The van der Waals surface area contributed by atoms with Crippen molar-refractivity contribution >= 4 is 24.1 Å². The van der Waals surface area contributed by atoms with Crippen LogP contribution >= 0.6 is 0 Å². The van der Waals surface area contributed by atoms with Gasteiger partial charge in [-0.3, -0.25) is 10.4 Å². The Morgan fingerprint density at radius 1 is 0.931 bits per heavy atom. The predicted octanol–water partition coefficient (Wildman–Crippen LogP) is 13.5.